The Bertz CT molecular complexity index is 384. The molecule has 5 atom stereocenters. The van der Waals surface area contributed by atoms with Crippen molar-refractivity contribution in [3.63, 3.8) is 0 Å². The fourth-order valence-corrected chi connectivity index (χ4v) is 3.59. The molecule has 2 rings (SSSR count). The number of carbonyl (C=O) groups is 2. The van der Waals surface area contributed by atoms with E-state index < -0.39 is 11.9 Å². The molecule has 0 bridgehead atoms. The summed E-state index contributed by atoms with van der Waals surface area (Å²) in [5, 5.41) is 19.1. The average molecular weight is 283 g/mol. The number of aliphatic hydroxyl groups is 1. The van der Waals surface area contributed by atoms with Crippen molar-refractivity contribution in [2.75, 3.05) is 13.1 Å². The van der Waals surface area contributed by atoms with Gasteiger partial charge in [0.25, 0.3) is 0 Å². The summed E-state index contributed by atoms with van der Waals surface area (Å²) >= 11 is 0. The number of carbonyl (C=O) groups excluding carboxylic acids is 1. The number of nitrogens with zero attached hydrogens (tertiary/aromatic N) is 1. The third kappa shape index (κ3) is 2.97. The van der Waals surface area contributed by atoms with Gasteiger partial charge in [0.2, 0.25) is 5.91 Å². The standard InChI is InChI=1S/C15H25NO4/c1-3-10-6-11(12(7-10)15(19)20)14(18)16-5-4-13(17)9(2)8-16/h9-13,17H,3-8H2,1-2H3,(H,19,20). The van der Waals surface area contributed by atoms with Gasteiger partial charge in [0.15, 0.2) is 0 Å². The maximum absolute atomic E-state index is 12.6. The van der Waals surface area contributed by atoms with Crippen LogP contribution in [-0.4, -0.2) is 46.2 Å². The number of carboxylic acid groups (broad SMARTS) is 1. The highest BCUT2D eigenvalue weighted by atomic mass is 16.4. The van der Waals surface area contributed by atoms with Gasteiger partial charge in [-0.05, 0) is 31.1 Å². The van der Waals surface area contributed by atoms with Crippen molar-refractivity contribution in [1.82, 2.24) is 4.90 Å². The number of hydrogen-bond donors (Lipinski definition) is 2. The molecule has 0 aromatic heterocycles. The third-order valence-corrected chi connectivity index (χ3v) is 5.04. The fourth-order valence-electron chi connectivity index (χ4n) is 3.59. The maximum Gasteiger partial charge on any atom is 0.307 e. The first-order chi connectivity index (χ1) is 9.43. The summed E-state index contributed by atoms with van der Waals surface area (Å²) in [6.45, 7) is 5.07. The largest absolute Gasteiger partial charge is 0.481 e. The van der Waals surface area contributed by atoms with E-state index in [9.17, 15) is 19.8 Å². The molecule has 5 heteroatoms. The Morgan fingerprint density at radius 3 is 2.45 bits per heavy atom. The molecule has 1 amide bonds. The molecule has 0 radical (unpaired) electrons. The van der Waals surface area contributed by atoms with Crippen molar-refractivity contribution in [2.24, 2.45) is 23.7 Å². The van der Waals surface area contributed by atoms with Gasteiger partial charge in [-0.2, -0.15) is 0 Å². The van der Waals surface area contributed by atoms with E-state index >= 15 is 0 Å². The van der Waals surface area contributed by atoms with Gasteiger partial charge in [-0.15, -0.1) is 0 Å². The average Bonchev–Trinajstić information content (AvgIpc) is 2.85. The number of carboxylic acids is 1. The Hall–Kier alpha value is -1.10. The van der Waals surface area contributed by atoms with Crippen molar-refractivity contribution >= 4 is 11.9 Å². The molecule has 1 saturated carbocycles. The van der Waals surface area contributed by atoms with E-state index in [0.29, 0.717) is 38.3 Å². The summed E-state index contributed by atoms with van der Waals surface area (Å²) in [5.74, 6) is -1.36. The van der Waals surface area contributed by atoms with Crippen LogP contribution in [0.5, 0.6) is 0 Å². The normalized spacial score (nSPS) is 38.0. The lowest BCUT2D eigenvalue weighted by Crippen LogP contribution is -2.48. The number of piperidine rings is 1. The molecular weight excluding hydrogens is 258 g/mol. The van der Waals surface area contributed by atoms with E-state index in [-0.39, 0.29) is 23.8 Å². The minimum Gasteiger partial charge on any atom is -0.481 e. The summed E-state index contributed by atoms with van der Waals surface area (Å²) in [4.78, 5) is 25.7. The monoisotopic (exact) mass is 283 g/mol. The van der Waals surface area contributed by atoms with Crippen LogP contribution in [-0.2, 0) is 9.59 Å². The van der Waals surface area contributed by atoms with Crippen molar-refractivity contribution in [3.8, 4) is 0 Å². The highest BCUT2D eigenvalue weighted by Crippen LogP contribution is 2.39. The van der Waals surface area contributed by atoms with Crippen molar-refractivity contribution < 1.29 is 19.8 Å². The lowest BCUT2D eigenvalue weighted by molar-refractivity contribution is -0.150. The smallest absolute Gasteiger partial charge is 0.307 e. The molecule has 114 valence electrons. The molecule has 20 heavy (non-hydrogen) atoms. The van der Waals surface area contributed by atoms with Crippen LogP contribution in [0.3, 0.4) is 0 Å². The summed E-state index contributed by atoms with van der Waals surface area (Å²) in [6.07, 6.45) is 2.49. The van der Waals surface area contributed by atoms with E-state index in [0.717, 1.165) is 6.42 Å². The SMILES string of the molecule is CCC1CC(C(=O)O)C(C(=O)N2CCC(O)C(C)C2)C1. The molecular formula is C15H25NO4. The Morgan fingerprint density at radius 1 is 1.25 bits per heavy atom. The van der Waals surface area contributed by atoms with Gasteiger partial charge in [-0.25, -0.2) is 0 Å². The Morgan fingerprint density at radius 2 is 1.90 bits per heavy atom. The van der Waals surface area contributed by atoms with Gasteiger partial charge in [0.1, 0.15) is 0 Å². The van der Waals surface area contributed by atoms with Gasteiger partial charge in [0.05, 0.1) is 17.9 Å². The van der Waals surface area contributed by atoms with Gasteiger partial charge in [0, 0.05) is 13.1 Å². The van der Waals surface area contributed by atoms with E-state index in [2.05, 4.69) is 6.92 Å². The third-order valence-electron chi connectivity index (χ3n) is 5.04. The lowest BCUT2D eigenvalue weighted by Gasteiger charge is -2.36. The zero-order valence-electron chi connectivity index (χ0n) is 12.3. The zero-order chi connectivity index (χ0) is 14.9. The van der Waals surface area contributed by atoms with Gasteiger partial charge >= 0.3 is 5.97 Å². The predicted molar refractivity (Wildman–Crippen MR) is 74.0 cm³/mol. The zero-order valence-corrected chi connectivity index (χ0v) is 12.3. The number of aliphatic hydroxyl groups excluding tert-OH is 1. The minimum absolute atomic E-state index is 0.0212. The number of hydrogen-bond acceptors (Lipinski definition) is 3. The predicted octanol–water partition coefficient (Wildman–Crippen LogP) is 1.35. The van der Waals surface area contributed by atoms with Crippen LogP contribution >= 0.6 is 0 Å². The first kappa shape index (κ1) is 15.3. The van der Waals surface area contributed by atoms with Crippen molar-refractivity contribution in [2.45, 2.75) is 45.6 Å². The first-order valence-electron chi connectivity index (χ1n) is 7.63. The van der Waals surface area contributed by atoms with E-state index in [1.54, 1.807) is 4.90 Å². The topological polar surface area (TPSA) is 77.8 Å². The van der Waals surface area contributed by atoms with Crippen LogP contribution < -0.4 is 0 Å². The van der Waals surface area contributed by atoms with Gasteiger partial charge < -0.3 is 15.1 Å². The van der Waals surface area contributed by atoms with E-state index in [1.165, 1.54) is 0 Å². The second-order valence-corrected chi connectivity index (χ2v) is 6.41. The molecule has 1 heterocycles. The molecule has 0 spiro atoms. The van der Waals surface area contributed by atoms with Gasteiger partial charge in [-0.3, -0.25) is 9.59 Å². The van der Waals surface area contributed by atoms with Crippen molar-refractivity contribution in [3.05, 3.63) is 0 Å². The second-order valence-electron chi connectivity index (χ2n) is 6.41. The van der Waals surface area contributed by atoms with Crippen molar-refractivity contribution in [1.29, 1.82) is 0 Å². The van der Waals surface area contributed by atoms with Crippen LogP contribution in [0.15, 0.2) is 0 Å². The van der Waals surface area contributed by atoms with Crippen LogP contribution in [0.25, 0.3) is 0 Å². The van der Waals surface area contributed by atoms with Crippen LogP contribution in [0.4, 0.5) is 0 Å². The van der Waals surface area contributed by atoms with Crippen LogP contribution in [0, 0.1) is 23.7 Å². The van der Waals surface area contributed by atoms with Gasteiger partial charge in [-0.1, -0.05) is 20.3 Å². The molecule has 1 aliphatic heterocycles. The fraction of sp³-hybridized carbons (Fsp3) is 0.867. The number of rotatable bonds is 3. The number of likely N-dealkylation sites (tertiary alicyclic amines) is 1. The maximum atomic E-state index is 12.6. The molecule has 0 aromatic carbocycles. The Kier molecular flexibility index (Phi) is 4.68. The summed E-state index contributed by atoms with van der Waals surface area (Å²) in [6, 6.07) is 0. The Labute approximate surface area is 120 Å². The quantitative estimate of drug-likeness (QED) is 0.819. The molecule has 5 unspecified atom stereocenters. The molecule has 1 aliphatic carbocycles. The number of aliphatic carboxylic acids is 1. The second kappa shape index (κ2) is 6.12. The summed E-state index contributed by atoms with van der Waals surface area (Å²) in [7, 11) is 0. The van der Waals surface area contributed by atoms with E-state index in [1.807, 2.05) is 6.92 Å². The molecule has 2 aliphatic rings. The minimum atomic E-state index is -0.843. The Balaban J connectivity index is 2.05. The summed E-state index contributed by atoms with van der Waals surface area (Å²) in [5.41, 5.74) is 0. The summed E-state index contributed by atoms with van der Waals surface area (Å²) < 4.78 is 0. The number of amides is 1. The molecule has 1 saturated heterocycles. The van der Waals surface area contributed by atoms with Crippen LogP contribution in [0.2, 0.25) is 0 Å². The first-order valence-corrected chi connectivity index (χ1v) is 7.63. The highest BCUT2D eigenvalue weighted by Gasteiger charge is 2.44. The molecule has 5 nitrogen and oxygen atoms in total. The van der Waals surface area contributed by atoms with Crippen LogP contribution in [0.1, 0.15) is 39.5 Å². The van der Waals surface area contributed by atoms with E-state index in [4.69, 9.17) is 0 Å². The molecule has 2 N–H and O–H groups in total. The molecule has 0 aromatic rings. The molecule has 2 fully saturated rings. The highest BCUT2D eigenvalue weighted by molar-refractivity contribution is 5.85. The lowest BCUT2D eigenvalue weighted by atomic mass is 9.91.